The highest BCUT2D eigenvalue weighted by molar-refractivity contribution is 5.91. The van der Waals surface area contributed by atoms with Crippen molar-refractivity contribution in [2.75, 3.05) is 38.1 Å². The highest BCUT2D eigenvalue weighted by atomic mass is 16.3. The number of carbonyl (C=O) groups excluding carboxylic acids is 2. The molecule has 160 valence electrons. The van der Waals surface area contributed by atoms with Crippen LogP contribution in [0.3, 0.4) is 0 Å². The number of rotatable bonds is 4. The first-order chi connectivity index (χ1) is 14.4. The molecule has 3 heterocycles. The molecule has 2 saturated heterocycles. The molecule has 2 aromatic rings. The van der Waals surface area contributed by atoms with E-state index in [1.165, 1.54) is 22.1 Å². The summed E-state index contributed by atoms with van der Waals surface area (Å²) in [7, 11) is 1.67. The van der Waals surface area contributed by atoms with Crippen LogP contribution in [0, 0.1) is 5.41 Å². The van der Waals surface area contributed by atoms with Crippen molar-refractivity contribution >= 4 is 17.6 Å². The van der Waals surface area contributed by atoms with Gasteiger partial charge < -0.3 is 14.9 Å². The van der Waals surface area contributed by atoms with Crippen molar-refractivity contribution in [3.63, 3.8) is 0 Å². The number of hydrogen-bond donors (Lipinski definition) is 1. The van der Waals surface area contributed by atoms with Gasteiger partial charge in [0.1, 0.15) is 0 Å². The van der Waals surface area contributed by atoms with Gasteiger partial charge in [0.15, 0.2) is 0 Å². The fourth-order valence-corrected chi connectivity index (χ4v) is 4.51. The number of benzene rings is 1. The highest BCUT2D eigenvalue weighted by Crippen LogP contribution is 2.41. The van der Waals surface area contributed by atoms with E-state index in [-0.39, 0.29) is 18.5 Å². The Hall–Kier alpha value is -2.71. The van der Waals surface area contributed by atoms with Gasteiger partial charge in [0, 0.05) is 46.7 Å². The second-order valence-electron chi connectivity index (χ2n) is 8.61. The average molecular weight is 412 g/mol. The first-order valence-electron chi connectivity index (χ1n) is 10.4. The standard InChI is InChI=1S/C22H29N5O3/c1-17(29)24(2)20-11-23-27(13-20)21(30)26-8-6-22(7-9-26)15-25(16-22)12-18-4-3-5-19(10-18)14-28/h3-5,10-11,13,28H,6-9,12,14-16H2,1-2H3. The summed E-state index contributed by atoms with van der Waals surface area (Å²) in [6.45, 7) is 6.01. The van der Waals surface area contributed by atoms with Crippen LogP contribution in [0.25, 0.3) is 0 Å². The molecule has 0 radical (unpaired) electrons. The smallest absolute Gasteiger partial charge is 0.344 e. The molecule has 2 aliphatic heterocycles. The number of aromatic nitrogens is 2. The summed E-state index contributed by atoms with van der Waals surface area (Å²) in [5.41, 5.74) is 3.10. The van der Waals surface area contributed by atoms with Crippen LogP contribution in [0.1, 0.15) is 30.9 Å². The molecule has 0 bridgehead atoms. The second-order valence-corrected chi connectivity index (χ2v) is 8.61. The van der Waals surface area contributed by atoms with Gasteiger partial charge in [0.05, 0.1) is 24.7 Å². The topological polar surface area (TPSA) is 81.9 Å². The molecular formula is C22H29N5O3. The molecular weight excluding hydrogens is 382 g/mol. The first kappa shape index (κ1) is 20.6. The van der Waals surface area contributed by atoms with E-state index in [0.29, 0.717) is 11.1 Å². The zero-order chi connectivity index (χ0) is 21.3. The maximum atomic E-state index is 12.8. The lowest BCUT2D eigenvalue weighted by Gasteiger charge is -2.54. The van der Waals surface area contributed by atoms with Gasteiger partial charge in [-0.3, -0.25) is 9.69 Å². The Morgan fingerprint density at radius 3 is 2.57 bits per heavy atom. The van der Waals surface area contributed by atoms with E-state index >= 15 is 0 Å². The van der Waals surface area contributed by atoms with E-state index in [2.05, 4.69) is 22.1 Å². The van der Waals surface area contributed by atoms with Crippen LogP contribution in [-0.4, -0.2) is 69.9 Å². The Balaban J connectivity index is 1.28. The summed E-state index contributed by atoms with van der Waals surface area (Å²) in [4.78, 5) is 30.0. The predicted molar refractivity (Wildman–Crippen MR) is 113 cm³/mol. The third-order valence-electron chi connectivity index (χ3n) is 6.42. The monoisotopic (exact) mass is 411 g/mol. The minimum absolute atomic E-state index is 0.0738. The molecule has 2 aliphatic rings. The molecule has 30 heavy (non-hydrogen) atoms. The van der Waals surface area contributed by atoms with Crippen LogP contribution in [0.15, 0.2) is 36.7 Å². The molecule has 1 spiro atoms. The van der Waals surface area contributed by atoms with Gasteiger partial charge in [-0.05, 0) is 29.4 Å². The molecule has 8 heteroatoms. The molecule has 0 aliphatic carbocycles. The maximum Gasteiger partial charge on any atom is 0.344 e. The number of amides is 2. The zero-order valence-corrected chi connectivity index (χ0v) is 17.6. The van der Waals surface area contributed by atoms with Crippen molar-refractivity contribution in [1.29, 1.82) is 0 Å². The van der Waals surface area contributed by atoms with Gasteiger partial charge in [0.2, 0.25) is 5.91 Å². The van der Waals surface area contributed by atoms with E-state index in [4.69, 9.17) is 0 Å². The Morgan fingerprint density at radius 2 is 1.90 bits per heavy atom. The lowest BCUT2D eigenvalue weighted by molar-refractivity contribution is -0.116. The van der Waals surface area contributed by atoms with E-state index in [0.717, 1.165) is 51.1 Å². The van der Waals surface area contributed by atoms with E-state index in [9.17, 15) is 14.7 Å². The van der Waals surface area contributed by atoms with Crippen molar-refractivity contribution in [3.05, 3.63) is 47.8 Å². The number of aliphatic hydroxyl groups excluding tert-OH is 1. The molecule has 2 amide bonds. The lowest BCUT2D eigenvalue weighted by Crippen LogP contribution is -2.60. The summed E-state index contributed by atoms with van der Waals surface area (Å²) in [5, 5.41) is 13.4. The number of aliphatic hydroxyl groups is 1. The van der Waals surface area contributed by atoms with E-state index < -0.39 is 0 Å². The molecule has 4 rings (SSSR count). The van der Waals surface area contributed by atoms with E-state index in [1.54, 1.807) is 19.4 Å². The Kier molecular flexibility index (Phi) is 5.62. The van der Waals surface area contributed by atoms with Crippen LogP contribution in [0.4, 0.5) is 10.5 Å². The third kappa shape index (κ3) is 4.11. The zero-order valence-electron chi connectivity index (χ0n) is 17.6. The summed E-state index contributed by atoms with van der Waals surface area (Å²) < 4.78 is 1.33. The van der Waals surface area contributed by atoms with Gasteiger partial charge in [-0.15, -0.1) is 0 Å². The van der Waals surface area contributed by atoms with Gasteiger partial charge >= 0.3 is 6.03 Å². The third-order valence-corrected chi connectivity index (χ3v) is 6.42. The molecule has 8 nitrogen and oxygen atoms in total. The number of piperidine rings is 1. The number of likely N-dealkylation sites (tertiary alicyclic amines) is 2. The Morgan fingerprint density at radius 1 is 1.20 bits per heavy atom. The quantitative estimate of drug-likeness (QED) is 0.831. The summed E-state index contributed by atoms with van der Waals surface area (Å²) in [5.74, 6) is -0.0976. The molecule has 0 unspecified atom stereocenters. The van der Waals surface area contributed by atoms with Gasteiger partial charge in [-0.25, -0.2) is 4.79 Å². The average Bonchev–Trinajstić information content (AvgIpc) is 3.22. The SMILES string of the molecule is CC(=O)N(C)c1cnn(C(=O)N2CCC3(CC2)CN(Cc2cccc(CO)c2)C3)c1. The van der Waals surface area contributed by atoms with Gasteiger partial charge in [0.25, 0.3) is 0 Å². The molecule has 0 atom stereocenters. The fourth-order valence-electron chi connectivity index (χ4n) is 4.51. The second kappa shape index (κ2) is 8.20. The molecule has 1 aromatic heterocycles. The van der Waals surface area contributed by atoms with Crippen molar-refractivity contribution in [1.82, 2.24) is 19.6 Å². The number of anilines is 1. The number of nitrogens with zero attached hydrogens (tertiary/aromatic N) is 5. The van der Waals surface area contributed by atoms with Crippen LogP contribution >= 0.6 is 0 Å². The summed E-state index contributed by atoms with van der Waals surface area (Å²) >= 11 is 0. The molecule has 1 aromatic carbocycles. The van der Waals surface area contributed by atoms with Gasteiger partial charge in [-0.2, -0.15) is 9.78 Å². The van der Waals surface area contributed by atoms with E-state index in [1.807, 2.05) is 17.0 Å². The van der Waals surface area contributed by atoms with Crippen LogP contribution in [0.5, 0.6) is 0 Å². The highest BCUT2D eigenvalue weighted by Gasteiger charge is 2.45. The summed E-state index contributed by atoms with van der Waals surface area (Å²) in [6.07, 6.45) is 5.14. The fraction of sp³-hybridized carbons (Fsp3) is 0.500. The Labute approximate surface area is 176 Å². The molecule has 0 saturated carbocycles. The normalized spacial score (nSPS) is 18.3. The van der Waals surface area contributed by atoms with Crippen LogP contribution < -0.4 is 4.90 Å². The van der Waals surface area contributed by atoms with Gasteiger partial charge in [-0.1, -0.05) is 24.3 Å². The predicted octanol–water partition coefficient (Wildman–Crippen LogP) is 1.92. The maximum absolute atomic E-state index is 12.8. The van der Waals surface area contributed by atoms with Crippen LogP contribution in [0.2, 0.25) is 0 Å². The first-order valence-corrected chi connectivity index (χ1v) is 10.4. The van der Waals surface area contributed by atoms with Crippen molar-refractivity contribution in [2.24, 2.45) is 5.41 Å². The number of hydrogen-bond acceptors (Lipinski definition) is 5. The molecule has 1 N–H and O–H groups in total. The minimum atomic E-state index is -0.134. The minimum Gasteiger partial charge on any atom is -0.392 e. The lowest BCUT2D eigenvalue weighted by atomic mass is 9.72. The number of carbonyl (C=O) groups is 2. The molecule has 2 fully saturated rings. The largest absolute Gasteiger partial charge is 0.392 e. The van der Waals surface area contributed by atoms with Crippen molar-refractivity contribution < 1.29 is 14.7 Å². The van der Waals surface area contributed by atoms with Crippen molar-refractivity contribution in [3.8, 4) is 0 Å². The van der Waals surface area contributed by atoms with Crippen LogP contribution in [-0.2, 0) is 17.9 Å². The summed E-state index contributed by atoms with van der Waals surface area (Å²) in [6, 6.07) is 7.97. The van der Waals surface area contributed by atoms with Crippen molar-refractivity contribution in [2.45, 2.75) is 32.9 Å². The Bertz CT molecular complexity index is 924.